The number of ether oxygens (including phenoxy) is 1. The van der Waals surface area contributed by atoms with Gasteiger partial charge in [0.05, 0.1) is 19.3 Å². The van der Waals surface area contributed by atoms with Gasteiger partial charge in [0.25, 0.3) is 0 Å². The molecule has 6 heteroatoms. The molecule has 6 nitrogen and oxygen atoms in total. The van der Waals surface area contributed by atoms with Gasteiger partial charge in [-0.2, -0.15) is 5.10 Å². The summed E-state index contributed by atoms with van der Waals surface area (Å²) >= 11 is 0. The van der Waals surface area contributed by atoms with Crippen LogP contribution in [0.3, 0.4) is 0 Å². The van der Waals surface area contributed by atoms with E-state index in [1.807, 2.05) is 30.9 Å². The van der Waals surface area contributed by atoms with Gasteiger partial charge in [-0.25, -0.2) is 9.67 Å². The molecule has 0 saturated carbocycles. The van der Waals surface area contributed by atoms with Crippen LogP contribution in [0.4, 0.5) is 0 Å². The lowest BCUT2D eigenvalue weighted by molar-refractivity contribution is -0.0374. The van der Waals surface area contributed by atoms with Crippen molar-refractivity contribution in [3.63, 3.8) is 0 Å². The molecular formula is C16H23N5O. The summed E-state index contributed by atoms with van der Waals surface area (Å²) in [5, 5.41) is 4.42. The Morgan fingerprint density at radius 3 is 2.82 bits per heavy atom. The molecule has 0 aliphatic carbocycles. The Balaban J connectivity index is 1.52. The molecule has 3 rings (SSSR count). The van der Waals surface area contributed by atoms with E-state index in [-0.39, 0.29) is 6.10 Å². The molecule has 1 fully saturated rings. The predicted molar refractivity (Wildman–Crippen MR) is 83.6 cm³/mol. The van der Waals surface area contributed by atoms with E-state index in [4.69, 9.17) is 4.74 Å². The SMILES string of the molecule is Cc1nc(C)n(C[C@@H]2CN(CCc3ccncc3)CCO2)n1. The van der Waals surface area contributed by atoms with Crippen LogP contribution in [0.2, 0.25) is 0 Å². The Hall–Kier alpha value is -1.79. The van der Waals surface area contributed by atoms with E-state index in [1.165, 1.54) is 5.56 Å². The van der Waals surface area contributed by atoms with Crippen LogP contribution >= 0.6 is 0 Å². The zero-order valence-electron chi connectivity index (χ0n) is 13.3. The molecule has 1 aliphatic heterocycles. The largest absolute Gasteiger partial charge is 0.374 e. The van der Waals surface area contributed by atoms with Crippen LogP contribution in [0.25, 0.3) is 0 Å². The Bertz CT molecular complexity index is 598. The average molecular weight is 301 g/mol. The molecule has 0 bridgehead atoms. The molecule has 0 radical (unpaired) electrons. The highest BCUT2D eigenvalue weighted by atomic mass is 16.5. The maximum absolute atomic E-state index is 5.89. The predicted octanol–water partition coefficient (Wildman–Crippen LogP) is 1.23. The number of nitrogens with zero attached hydrogens (tertiary/aromatic N) is 5. The molecule has 22 heavy (non-hydrogen) atoms. The van der Waals surface area contributed by atoms with Crippen LogP contribution < -0.4 is 0 Å². The van der Waals surface area contributed by atoms with Gasteiger partial charge in [0.15, 0.2) is 0 Å². The Kier molecular flexibility index (Phi) is 4.80. The maximum Gasteiger partial charge on any atom is 0.147 e. The smallest absolute Gasteiger partial charge is 0.147 e. The minimum absolute atomic E-state index is 0.186. The molecule has 1 saturated heterocycles. The summed E-state index contributed by atoms with van der Waals surface area (Å²) in [5.74, 6) is 1.78. The van der Waals surface area contributed by atoms with Crippen molar-refractivity contribution in [2.45, 2.75) is 32.9 Å². The average Bonchev–Trinajstić information content (AvgIpc) is 2.84. The Morgan fingerprint density at radius 2 is 2.09 bits per heavy atom. The summed E-state index contributed by atoms with van der Waals surface area (Å²) in [7, 11) is 0. The summed E-state index contributed by atoms with van der Waals surface area (Å²) in [6.07, 6.45) is 4.95. The third kappa shape index (κ3) is 3.90. The van der Waals surface area contributed by atoms with Crippen molar-refractivity contribution in [3.05, 3.63) is 41.7 Å². The van der Waals surface area contributed by atoms with Crippen molar-refractivity contribution in [1.29, 1.82) is 0 Å². The van der Waals surface area contributed by atoms with E-state index in [0.29, 0.717) is 0 Å². The summed E-state index contributed by atoms with van der Waals surface area (Å²) < 4.78 is 7.84. The maximum atomic E-state index is 5.89. The van der Waals surface area contributed by atoms with Crippen LogP contribution in [-0.4, -0.2) is 57.0 Å². The van der Waals surface area contributed by atoms with Gasteiger partial charge in [0, 0.05) is 32.0 Å². The minimum Gasteiger partial charge on any atom is -0.374 e. The molecule has 0 spiro atoms. The number of aromatic nitrogens is 4. The minimum atomic E-state index is 0.186. The summed E-state index contributed by atoms with van der Waals surface area (Å²) in [5.41, 5.74) is 1.33. The van der Waals surface area contributed by atoms with E-state index >= 15 is 0 Å². The molecule has 2 aromatic heterocycles. The lowest BCUT2D eigenvalue weighted by Crippen LogP contribution is -2.45. The van der Waals surface area contributed by atoms with Crippen LogP contribution in [-0.2, 0) is 17.7 Å². The zero-order valence-corrected chi connectivity index (χ0v) is 13.3. The van der Waals surface area contributed by atoms with Crippen molar-refractivity contribution < 1.29 is 4.74 Å². The molecule has 0 amide bonds. The first-order chi connectivity index (χ1) is 10.7. The second-order valence-electron chi connectivity index (χ2n) is 5.79. The fraction of sp³-hybridized carbons (Fsp3) is 0.562. The number of morpholine rings is 1. The summed E-state index contributed by atoms with van der Waals surface area (Å²) in [6.45, 7) is 8.47. The van der Waals surface area contributed by atoms with E-state index in [1.54, 1.807) is 0 Å². The van der Waals surface area contributed by atoms with E-state index in [9.17, 15) is 0 Å². The number of rotatable bonds is 5. The van der Waals surface area contributed by atoms with Gasteiger partial charge < -0.3 is 4.74 Å². The fourth-order valence-corrected chi connectivity index (χ4v) is 2.86. The summed E-state index contributed by atoms with van der Waals surface area (Å²) in [4.78, 5) is 10.9. The van der Waals surface area contributed by atoms with Crippen molar-refractivity contribution in [2.24, 2.45) is 0 Å². The van der Waals surface area contributed by atoms with Gasteiger partial charge in [-0.3, -0.25) is 9.88 Å². The molecule has 0 N–H and O–H groups in total. The van der Waals surface area contributed by atoms with Crippen LogP contribution in [0.15, 0.2) is 24.5 Å². The lowest BCUT2D eigenvalue weighted by atomic mass is 10.2. The molecule has 3 heterocycles. The van der Waals surface area contributed by atoms with Gasteiger partial charge in [-0.1, -0.05) is 0 Å². The van der Waals surface area contributed by atoms with Crippen molar-refractivity contribution in [2.75, 3.05) is 26.2 Å². The number of hydrogen-bond acceptors (Lipinski definition) is 5. The van der Waals surface area contributed by atoms with Crippen LogP contribution in [0, 0.1) is 13.8 Å². The fourth-order valence-electron chi connectivity index (χ4n) is 2.86. The Labute approximate surface area is 131 Å². The third-order valence-electron chi connectivity index (χ3n) is 4.03. The molecule has 1 aliphatic rings. The molecular weight excluding hydrogens is 278 g/mol. The van der Waals surface area contributed by atoms with Crippen molar-refractivity contribution in [3.8, 4) is 0 Å². The quantitative estimate of drug-likeness (QED) is 0.831. The second-order valence-corrected chi connectivity index (χ2v) is 5.79. The van der Waals surface area contributed by atoms with Gasteiger partial charge in [-0.05, 0) is 38.0 Å². The number of pyridine rings is 1. The van der Waals surface area contributed by atoms with Gasteiger partial charge in [0.2, 0.25) is 0 Å². The number of hydrogen-bond donors (Lipinski definition) is 0. The molecule has 2 aromatic rings. The Morgan fingerprint density at radius 1 is 1.27 bits per heavy atom. The van der Waals surface area contributed by atoms with Crippen LogP contribution in [0.1, 0.15) is 17.2 Å². The lowest BCUT2D eigenvalue weighted by Gasteiger charge is -2.33. The highest BCUT2D eigenvalue weighted by Gasteiger charge is 2.21. The normalized spacial score (nSPS) is 19.5. The van der Waals surface area contributed by atoms with Gasteiger partial charge in [-0.15, -0.1) is 0 Å². The molecule has 1 atom stereocenters. The molecule has 118 valence electrons. The monoisotopic (exact) mass is 301 g/mol. The number of aryl methyl sites for hydroxylation is 2. The van der Waals surface area contributed by atoms with Gasteiger partial charge in [0.1, 0.15) is 11.6 Å². The second kappa shape index (κ2) is 6.98. The summed E-state index contributed by atoms with van der Waals surface area (Å²) in [6, 6.07) is 4.17. The van der Waals surface area contributed by atoms with E-state index in [2.05, 4.69) is 32.1 Å². The zero-order chi connectivity index (χ0) is 15.4. The first-order valence-electron chi connectivity index (χ1n) is 7.81. The standard InChI is InChI=1S/C16H23N5O/c1-13-18-14(2)21(19-13)12-16-11-20(9-10-22-16)8-5-15-3-6-17-7-4-15/h3-4,6-7,16H,5,8-12H2,1-2H3/t16-/m0/s1. The highest BCUT2D eigenvalue weighted by Crippen LogP contribution is 2.10. The van der Waals surface area contributed by atoms with E-state index in [0.717, 1.165) is 50.9 Å². The third-order valence-corrected chi connectivity index (χ3v) is 4.03. The topological polar surface area (TPSA) is 56.1 Å². The highest BCUT2D eigenvalue weighted by molar-refractivity contribution is 5.09. The first kappa shape index (κ1) is 15.1. The van der Waals surface area contributed by atoms with Gasteiger partial charge >= 0.3 is 0 Å². The van der Waals surface area contributed by atoms with Crippen molar-refractivity contribution in [1.82, 2.24) is 24.6 Å². The molecule has 0 unspecified atom stereocenters. The molecule has 0 aromatic carbocycles. The first-order valence-corrected chi connectivity index (χ1v) is 7.81. The van der Waals surface area contributed by atoms with Crippen LogP contribution in [0.5, 0.6) is 0 Å². The van der Waals surface area contributed by atoms with Crippen molar-refractivity contribution >= 4 is 0 Å². The van der Waals surface area contributed by atoms with E-state index < -0.39 is 0 Å².